The van der Waals surface area contributed by atoms with Gasteiger partial charge in [0.1, 0.15) is 11.9 Å². The van der Waals surface area contributed by atoms with Gasteiger partial charge in [0, 0.05) is 12.1 Å². The van der Waals surface area contributed by atoms with Crippen LogP contribution in [-0.2, 0) is 21.4 Å². The number of hydrogen-bond acceptors (Lipinski definition) is 3. The van der Waals surface area contributed by atoms with Crippen molar-refractivity contribution in [2.24, 2.45) is 5.92 Å². The van der Waals surface area contributed by atoms with Crippen LogP contribution in [-0.4, -0.2) is 20.4 Å². The second-order valence-corrected chi connectivity index (χ2v) is 7.68. The summed E-state index contributed by atoms with van der Waals surface area (Å²) < 4.78 is 40.9. The van der Waals surface area contributed by atoms with Crippen LogP contribution in [0.25, 0.3) is 0 Å². The highest BCUT2D eigenvalue weighted by Gasteiger charge is 2.28. The number of halogens is 1. The summed E-state index contributed by atoms with van der Waals surface area (Å²) in [5.74, 6) is -1.20. The molecule has 2 aromatic rings. The van der Waals surface area contributed by atoms with Crippen molar-refractivity contribution in [3.8, 4) is 0 Å². The van der Waals surface area contributed by atoms with Crippen LogP contribution in [0.2, 0.25) is 0 Å². The lowest BCUT2D eigenvalue weighted by atomic mass is 10.0. The third kappa shape index (κ3) is 5.11. The largest absolute Gasteiger partial charge is 0.351 e. The Balaban J connectivity index is 2.10. The van der Waals surface area contributed by atoms with Crippen LogP contribution in [0.3, 0.4) is 0 Å². The van der Waals surface area contributed by atoms with Gasteiger partial charge in [0.2, 0.25) is 15.9 Å². The first kappa shape index (κ1) is 19.1. The van der Waals surface area contributed by atoms with Gasteiger partial charge in [-0.05, 0) is 24.1 Å². The van der Waals surface area contributed by atoms with Crippen LogP contribution in [0, 0.1) is 11.7 Å². The van der Waals surface area contributed by atoms with Crippen molar-refractivity contribution in [3.05, 3.63) is 66.0 Å². The summed E-state index contributed by atoms with van der Waals surface area (Å²) in [6, 6.07) is 13.0. The average Bonchev–Trinajstić information content (AvgIpc) is 2.59. The van der Waals surface area contributed by atoms with E-state index in [-0.39, 0.29) is 17.4 Å². The molecule has 0 aliphatic carbocycles. The molecule has 5 nitrogen and oxygen atoms in total. The molecule has 0 aliphatic heterocycles. The van der Waals surface area contributed by atoms with Crippen molar-refractivity contribution in [1.82, 2.24) is 10.0 Å². The van der Waals surface area contributed by atoms with Crippen molar-refractivity contribution in [2.45, 2.75) is 31.3 Å². The predicted molar refractivity (Wildman–Crippen MR) is 93.6 cm³/mol. The van der Waals surface area contributed by atoms with Crippen LogP contribution in [0.1, 0.15) is 19.4 Å². The summed E-state index contributed by atoms with van der Waals surface area (Å²) in [7, 11) is -3.83. The Labute approximate surface area is 147 Å². The van der Waals surface area contributed by atoms with E-state index >= 15 is 0 Å². The molecule has 0 heterocycles. The van der Waals surface area contributed by atoms with Crippen LogP contribution < -0.4 is 10.0 Å². The monoisotopic (exact) mass is 364 g/mol. The third-order valence-electron chi connectivity index (χ3n) is 3.70. The molecule has 0 aliphatic rings. The zero-order valence-corrected chi connectivity index (χ0v) is 14.9. The number of carbonyl (C=O) groups is 1. The molecule has 2 N–H and O–H groups in total. The zero-order valence-electron chi connectivity index (χ0n) is 14.1. The molecule has 25 heavy (non-hydrogen) atoms. The van der Waals surface area contributed by atoms with Crippen molar-refractivity contribution < 1.29 is 17.6 Å². The number of hydrogen-bond donors (Lipinski definition) is 2. The Bertz CT molecular complexity index is 823. The highest BCUT2D eigenvalue weighted by Crippen LogP contribution is 2.12. The van der Waals surface area contributed by atoms with Gasteiger partial charge in [-0.3, -0.25) is 4.79 Å². The second kappa shape index (κ2) is 8.22. The second-order valence-electron chi connectivity index (χ2n) is 5.97. The van der Waals surface area contributed by atoms with Gasteiger partial charge in [0.05, 0.1) is 4.90 Å². The van der Waals surface area contributed by atoms with E-state index in [9.17, 15) is 17.6 Å². The molecule has 0 aromatic heterocycles. The highest BCUT2D eigenvalue weighted by molar-refractivity contribution is 7.89. The maximum absolute atomic E-state index is 13.6. The van der Waals surface area contributed by atoms with Crippen molar-refractivity contribution >= 4 is 15.9 Å². The Morgan fingerprint density at radius 2 is 1.64 bits per heavy atom. The first-order valence-corrected chi connectivity index (χ1v) is 9.38. The SMILES string of the molecule is CC(C)C(NS(=O)(=O)c1ccccc1)C(=O)NCc1ccccc1F. The van der Waals surface area contributed by atoms with Crippen LogP contribution in [0.15, 0.2) is 59.5 Å². The van der Waals surface area contributed by atoms with E-state index in [0.717, 1.165) is 0 Å². The molecule has 0 bridgehead atoms. The summed E-state index contributed by atoms with van der Waals surface area (Å²) in [5, 5.41) is 2.59. The number of sulfonamides is 1. The van der Waals surface area contributed by atoms with Gasteiger partial charge < -0.3 is 5.32 Å². The average molecular weight is 364 g/mol. The van der Waals surface area contributed by atoms with Gasteiger partial charge in [0.15, 0.2) is 0 Å². The molecule has 0 radical (unpaired) electrons. The van der Waals surface area contributed by atoms with Gasteiger partial charge in [-0.1, -0.05) is 50.2 Å². The van der Waals surface area contributed by atoms with E-state index in [1.165, 1.54) is 18.2 Å². The first-order chi connectivity index (χ1) is 11.8. The van der Waals surface area contributed by atoms with Gasteiger partial charge >= 0.3 is 0 Å². The smallest absolute Gasteiger partial charge is 0.241 e. The zero-order chi connectivity index (χ0) is 18.4. The van der Waals surface area contributed by atoms with Gasteiger partial charge in [-0.15, -0.1) is 0 Å². The number of carbonyl (C=O) groups excluding carboxylic acids is 1. The standard InChI is InChI=1S/C18H21FN2O3S/c1-13(2)17(21-25(23,24)15-9-4-3-5-10-15)18(22)20-12-14-8-6-7-11-16(14)19/h3-11,13,17,21H,12H2,1-2H3,(H,20,22). The van der Waals surface area contributed by atoms with Crippen molar-refractivity contribution in [3.63, 3.8) is 0 Å². The van der Waals surface area contributed by atoms with E-state index in [1.54, 1.807) is 50.2 Å². The topological polar surface area (TPSA) is 75.3 Å². The fourth-order valence-electron chi connectivity index (χ4n) is 2.26. The van der Waals surface area contributed by atoms with Crippen LogP contribution in [0.5, 0.6) is 0 Å². The summed E-state index contributed by atoms with van der Waals surface area (Å²) >= 11 is 0. The lowest BCUT2D eigenvalue weighted by Gasteiger charge is -2.21. The number of rotatable bonds is 7. The highest BCUT2D eigenvalue weighted by atomic mass is 32.2. The van der Waals surface area contributed by atoms with Crippen molar-refractivity contribution in [1.29, 1.82) is 0 Å². The lowest BCUT2D eigenvalue weighted by molar-refractivity contribution is -0.123. The molecule has 7 heteroatoms. The van der Waals surface area contributed by atoms with Gasteiger partial charge in [-0.2, -0.15) is 4.72 Å². The predicted octanol–water partition coefficient (Wildman–Crippen LogP) is 2.45. The molecular formula is C18H21FN2O3S. The van der Waals surface area contributed by atoms with Gasteiger partial charge in [-0.25, -0.2) is 12.8 Å². The number of amides is 1. The van der Waals surface area contributed by atoms with E-state index in [0.29, 0.717) is 5.56 Å². The minimum absolute atomic E-state index is 0.0121. The maximum Gasteiger partial charge on any atom is 0.241 e. The maximum atomic E-state index is 13.6. The van der Waals surface area contributed by atoms with E-state index in [1.807, 2.05) is 0 Å². The number of benzene rings is 2. The minimum atomic E-state index is -3.83. The number of nitrogens with one attached hydrogen (secondary N) is 2. The Hall–Kier alpha value is -2.25. The molecule has 0 saturated carbocycles. The summed E-state index contributed by atoms with van der Waals surface area (Å²) in [4.78, 5) is 12.5. The summed E-state index contributed by atoms with van der Waals surface area (Å²) in [5.41, 5.74) is 0.337. The fraction of sp³-hybridized carbons (Fsp3) is 0.278. The minimum Gasteiger partial charge on any atom is -0.351 e. The molecule has 1 amide bonds. The molecule has 0 fully saturated rings. The Morgan fingerprint density at radius 3 is 2.24 bits per heavy atom. The fourth-order valence-corrected chi connectivity index (χ4v) is 3.63. The van der Waals surface area contributed by atoms with Crippen LogP contribution in [0.4, 0.5) is 4.39 Å². The lowest BCUT2D eigenvalue weighted by Crippen LogP contribution is -2.49. The molecule has 2 aromatic carbocycles. The summed E-state index contributed by atoms with van der Waals surface area (Å²) in [6.07, 6.45) is 0. The quantitative estimate of drug-likeness (QED) is 0.792. The molecule has 0 spiro atoms. The van der Waals surface area contributed by atoms with E-state index < -0.39 is 27.8 Å². The third-order valence-corrected chi connectivity index (χ3v) is 5.15. The Kier molecular flexibility index (Phi) is 6.27. The molecule has 134 valence electrons. The first-order valence-electron chi connectivity index (χ1n) is 7.90. The Morgan fingerprint density at radius 1 is 1.04 bits per heavy atom. The van der Waals surface area contributed by atoms with Crippen LogP contribution >= 0.6 is 0 Å². The molecule has 0 saturated heterocycles. The van der Waals surface area contributed by atoms with Crippen molar-refractivity contribution in [2.75, 3.05) is 0 Å². The normalized spacial score (nSPS) is 12.8. The molecule has 1 unspecified atom stereocenters. The van der Waals surface area contributed by atoms with E-state index in [4.69, 9.17) is 0 Å². The molecule has 2 rings (SSSR count). The summed E-state index contributed by atoms with van der Waals surface area (Å²) in [6.45, 7) is 3.46. The molecular weight excluding hydrogens is 343 g/mol. The molecule has 1 atom stereocenters. The van der Waals surface area contributed by atoms with E-state index in [2.05, 4.69) is 10.0 Å². The van der Waals surface area contributed by atoms with Gasteiger partial charge in [0.25, 0.3) is 0 Å².